The number of anilines is 1. The number of unbranched alkanes of at least 4 members (excludes halogenated alkanes) is 1. The van der Waals surface area contributed by atoms with Crippen LogP contribution in [0.3, 0.4) is 0 Å². The van der Waals surface area contributed by atoms with Gasteiger partial charge in [0.15, 0.2) is 0 Å². The summed E-state index contributed by atoms with van der Waals surface area (Å²) in [6, 6.07) is 6.83. The van der Waals surface area contributed by atoms with Gasteiger partial charge in [-0.3, -0.25) is 4.79 Å². The second kappa shape index (κ2) is 8.50. The van der Waals surface area contributed by atoms with Crippen LogP contribution in [0.1, 0.15) is 46.0 Å². The summed E-state index contributed by atoms with van der Waals surface area (Å²) in [7, 11) is 1.97. The molecule has 1 heterocycles. The second-order valence-corrected chi connectivity index (χ2v) is 6.39. The molecule has 2 rings (SSSR count). The number of carboxylic acids is 2. The standard InChI is InChI=1S/C19H23N3O5/c1-3-4-8-22(2)10-11-6-5-7-12(9-11)13-14(18(24)25)16(20)21-17(23)15(13)19(26)27/h5-7,9H,3-4,8,10H2,1-2H3,(H,24,25)(H,26,27)(H3,20,21,23). The summed E-state index contributed by atoms with van der Waals surface area (Å²) in [5, 5.41) is 19.0. The average Bonchev–Trinajstić information content (AvgIpc) is 2.58. The molecule has 0 bridgehead atoms. The Balaban J connectivity index is 2.61. The zero-order chi connectivity index (χ0) is 20.1. The van der Waals surface area contributed by atoms with E-state index in [1.807, 2.05) is 13.1 Å². The van der Waals surface area contributed by atoms with E-state index >= 15 is 0 Å². The number of aromatic amines is 1. The maximum atomic E-state index is 12.1. The predicted molar refractivity (Wildman–Crippen MR) is 102 cm³/mol. The van der Waals surface area contributed by atoms with E-state index in [2.05, 4.69) is 16.8 Å². The molecule has 0 atom stereocenters. The Morgan fingerprint density at radius 1 is 1.19 bits per heavy atom. The number of hydrogen-bond acceptors (Lipinski definition) is 5. The Morgan fingerprint density at radius 3 is 2.44 bits per heavy atom. The van der Waals surface area contributed by atoms with E-state index in [0.717, 1.165) is 24.9 Å². The van der Waals surface area contributed by atoms with Crippen LogP contribution < -0.4 is 11.3 Å². The second-order valence-electron chi connectivity index (χ2n) is 6.39. The van der Waals surface area contributed by atoms with Crippen molar-refractivity contribution in [3.63, 3.8) is 0 Å². The topological polar surface area (TPSA) is 137 Å². The summed E-state index contributed by atoms with van der Waals surface area (Å²) in [5.74, 6) is -3.30. The minimum Gasteiger partial charge on any atom is -0.478 e. The average molecular weight is 373 g/mol. The van der Waals surface area contributed by atoms with Gasteiger partial charge in [0.2, 0.25) is 0 Å². The fraction of sp³-hybridized carbons (Fsp3) is 0.316. The van der Waals surface area contributed by atoms with Crippen molar-refractivity contribution >= 4 is 17.8 Å². The number of nitrogen functional groups attached to an aromatic ring is 1. The molecule has 0 aliphatic carbocycles. The first-order valence-electron chi connectivity index (χ1n) is 8.56. The fourth-order valence-electron chi connectivity index (χ4n) is 2.98. The number of aromatic carboxylic acids is 2. The molecule has 5 N–H and O–H groups in total. The third kappa shape index (κ3) is 4.53. The lowest BCUT2D eigenvalue weighted by Crippen LogP contribution is -2.24. The van der Waals surface area contributed by atoms with Gasteiger partial charge in [-0.15, -0.1) is 0 Å². The third-order valence-corrected chi connectivity index (χ3v) is 4.23. The molecule has 1 aromatic heterocycles. The zero-order valence-electron chi connectivity index (χ0n) is 15.3. The summed E-state index contributed by atoms with van der Waals surface area (Å²) >= 11 is 0. The summed E-state index contributed by atoms with van der Waals surface area (Å²) in [5.41, 5.74) is 4.67. The Bertz CT molecular complexity index is 920. The first-order valence-corrected chi connectivity index (χ1v) is 8.56. The van der Waals surface area contributed by atoms with E-state index in [-0.39, 0.29) is 11.4 Å². The van der Waals surface area contributed by atoms with Crippen molar-refractivity contribution < 1.29 is 19.8 Å². The highest BCUT2D eigenvalue weighted by molar-refractivity contribution is 6.07. The Hall–Kier alpha value is -3.13. The maximum absolute atomic E-state index is 12.1. The van der Waals surface area contributed by atoms with Crippen LogP contribution in [0.15, 0.2) is 29.1 Å². The molecule has 8 nitrogen and oxygen atoms in total. The minimum absolute atomic E-state index is 0.186. The molecular formula is C19H23N3O5. The van der Waals surface area contributed by atoms with E-state index < -0.39 is 28.6 Å². The number of benzene rings is 1. The molecule has 0 amide bonds. The molecular weight excluding hydrogens is 350 g/mol. The van der Waals surface area contributed by atoms with Crippen molar-refractivity contribution in [3.8, 4) is 11.1 Å². The Labute approximate surface area is 156 Å². The van der Waals surface area contributed by atoms with E-state index in [4.69, 9.17) is 5.73 Å². The monoisotopic (exact) mass is 373 g/mol. The first-order chi connectivity index (χ1) is 12.8. The lowest BCUT2D eigenvalue weighted by atomic mass is 9.94. The lowest BCUT2D eigenvalue weighted by Gasteiger charge is -2.17. The molecule has 0 fully saturated rings. The van der Waals surface area contributed by atoms with Gasteiger partial charge in [-0.1, -0.05) is 31.5 Å². The van der Waals surface area contributed by atoms with Gasteiger partial charge in [-0.05, 0) is 37.2 Å². The highest BCUT2D eigenvalue weighted by Crippen LogP contribution is 2.30. The number of nitrogens with two attached hydrogens (primary N) is 1. The highest BCUT2D eigenvalue weighted by atomic mass is 16.4. The van der Waals surface area contributed by atoms with Crippen molar-refractivity contribution in [2.45, 2.75) is 26.3 Å². The molecule has 144 valence electrons. The molecule has 0 aliphatic rings. The number of rotatable bonds is 8. The van der Waals surface area contributed by atoms with Gasteiger partial charge in [0, 0.05) is 12.1 Å². The van der Waals surface area contributed by atoms with Gasteiger partial charge >= 0.3 is 11.9 Å². The summed E-state index contributed by atoms with van der Waals surface area (Å²) in [4.78, 5) is 39.6. The largest absolute Gasteiger partial charge is 0.478 e. The lowest BCUT2D eigenvalue weighted by molar-refractivity contribution is 0.0695. The first kappa shape index (κ1) is 20.2. The number of pyridine rings is 1. The van der Waals surface area contributed by atoms with Gasteiger partial charge in [0.25, 0.3) is 5.56 Å². The van der Waals surface area contributed by atoms with Gasteiger partial charge in [0.1, 0.15) is 16.9 Å². The van der Waals surface area contributed by atoms with Gasteiger partial charge in [-0.25, -0.2) is 9.59 Å². The third-order valence-electron chi connectivity index (χ3n) is 4.23. The molecule has 0 aliphatic heterocycles. The van der Waals surface area contributed by atoms with Gasteiger partial charge in [-0.2, -0.15) is 0 Å². The summed E-state index contributed by atoms with van der Waals surface area (Å²) in [6.07, 6.45) is 2.12. The van der Waals surface area contributed by atoms with Crippen LogP contribution in [-0.4, -0.2) is 45.6 Å². The summed E-state index contributed by atoms with van der Waals surface area (Å²) in [6.45, 7) is 3.61. The Kier molecular flexibility index (Phi) is 6.36. The normalized spacial score (nSPS) is 10.9. The number of aromatic nitrogens is 1. The van der Waals surface area contributed by atoms with Crippen molar-refractivity contribution in [1.29, 1.82) is 0 Å². The van der Waals surface area contributed by atoms with Crippen LogP contribution in [-0.2, 0) is 6.54 Å². The van der Waals surface area contributed by atoms with E-state index in [9.17, 15) is 24.6 Å². The smallest absolute Gasteiger partial charge is 0.342 e. The molecule has 0 unspecified atom stereocenters. The van der Waals surface area contributed by atoms with Gasteiger partial charge < -0.3 is 25.8 Å². The molecule has 0 saturated carbocycles. The van der Waals surface area contributed by atoms with Crippen LogP contribution in [0.5, 0.6) is 0 Å². The van der Waals surface area contributed by atoms with Crippen LogP contribution >= 0.6 is 0 Å². The van der Waals surface area contributed by atoms with E-state index in [1.54, 1.807) is 18.2 Å². The number of carboxylic acid groups (broad SMARTS) is 2. The van der Waals surface area contributed by atoms with Crippen LogP contribution in [0.2, 0.25) is 0 Å². The molecule has 1 aromatic carbocycles. The number of nitrogens with one attached hydrogen (secondary N) is 1. The summed E-state index contributed by atoms with van der Waals surface area (Å²) < 4.78 is 0. The number of hydrogen-bond donors (Lipinski definition) is 4. The SMILES string of the molecule is CCCCN(C)Cc1cccc(-c2c(C(=O)O)c(N)[nH]c(=O)c2C(=O)O)c1. The Morgan fingerprint density at radius 2 is 1.85 bits per heavy atom. The number of nitrogens with zero attached hydrogens (tertiary/aromatic N) is 1. The van der Waals surface area contributed by atoms with Crippen LogP contribution in [0.25, 0.3) is 11.1 Å². The number of carbonyl (C=O) groups is 2. The zero-order valence-corrected chi connectivity index (χ0v) is 15.3. The van der Waals surface area contributed by atoms with Crippen molar-refractivity contribution in [2.75, 3.05) is 19.3 Å². The highest BCUT2D eigenvalue weighted by Gasteiger charge is 2.26. The van der Waals surface area contributed by atoms with Crippen molar-refractivity contribution in [1.82, 2.24) is 9.88 Å². The number of H-pyrrole nitrogens is 1. The van der Waals surface area contributed by atoms with E-state index in [1.165, 1.54) is 0 Å². The molecule has 0 spiro atoms. The van der Waals surface area contributed by atoms with Crippen molar-refractivity contribution in [2.24, 2.45) is 0 Å². The predicted octanol–water partition coefficient (Wildman–Crippen LogP) is 2.25. The van der Waals surface area contributed by atoms with Crippen LogP contribution in [0, 0.1) is 0 Å². The van der Waals surface area contributed by atoms with Gasteiger partial charge in [0.05, 0.1) is 0 Å². The fourth-order valence-corrected chi connectivity index (χ4v) is 2.98. The molecule has 0 saturated heterocycles. The molecule has 27 heavy (non-hydrogen) atoms. The maximum Gasteiger partial charge on any atom is 0.342 e. The van der Waals surface area contributed by atoms with E-state index in [0.29, 0.717) is 12.1 Å². The minimum atomic E-state index is -1.51. The molecule has 0 radical (unpaired) electrons. The van der Waals surface area contributed by atoms with Crippen LogP contribution in [0.4, 0.5) is 5.82 Å². The quantitative estimate of drug-likeness (QED) is 0.557. The van der Waals surface area contributed by atoms with Crippen molar-refractivity contribution in [3.05, 3.63) is 51.3 Å². The molecule has 8 heteroatoms. The molecule has 2 aromatic rings.